The Hall–Kier alpha value is -1.65. The molecule has 0 aliphatic heterocycles. The van der Waals surface area contributed by atoms with Gasteiger partial charge < -0.3 is 5.32 Å². The third-order valence-electron chi connectivity index (χ3n) is 4.71. The van der Waals surface area contributed by atoms with Gasteiger partial charge in [-0.05, 0) is 68.1 Å². The molecule has 0 spiro atoms. The highest BCUT2D eigenvalue weighted by molar-refractivity contribution is 7.14. The monoisotopic (exact) mass is 342 g/mol. The number of hydrogen-bond donors (Lipinski definition) is 1. The Morgan fingerprint density at radius 1 is 1.17 bits per heavy atom. The topological polar surface area (TPSA) is 32.3 Å². The Bertz CT molecular complexity index is 680. The molecule has 1 aromatic carbocycles. The van der Waals surface area contributed by atoms with Crippen LogP contribution < -0.4 is 5.32 Å². The molecule has 1 aliphatic rings. The van der Waals surface area contributed by atoms with Gasteiger partial charge in [0.15, 0.2) is 0 Å². The number of benzene rings is 1. The zero-order valence-electron chi connectivity index (χ0n) is 14.6. The van der Waals surface area contributed by atoms with Crippen molar-refractivity contribution in [3.63, 3.8) is 0 Å². The van der Waals surface area contributed by atoms with Gasteiger partial charge in [-0.15, -0.1) is 11.3 Å². The van der Waals surface area contributed by atoms with Gasteiger partial charge in [-0.25, -0.2) is 0 Å². The van der Waals surface area contributed by atoms with E-state index in [0.717, 1.165) is 43.0 Å². The fraction of sp³-hybridized carbons (Fsp3) is 0.450. The van der Waals surface area contributed by atoms with E-state index >= 15 is 0 Å². The van der Waals surface area contributed by atoms with Crippen molar-refractivity contribution >= 4 is 22.9 Å². The maximum Gasteiger partial charge on any atom is 0.265 e. The van der Waals surface area contributed by atoms with Crippen LogP contribution in [0.5, 0.6) is 0 Å². The zero-order chi connectivity index (χ0) is 16.9. The summed E-state index contributed by atoms with van der Waals surface area (Å²) in [5, 5.41) is 3.07. The second-order valence-electron chi connectivity index (χ2n) is 6.38. The van der Waals surface area contributed by atoms with Gasteiger partial charge >= 0.3 is 0 Å². The van der Waals surface area contributed by atoms with Crippen molar-refractivity contribution in [2.75, 3.05) is 18.4 Å². The van der Waals surface area contributed by atoms with Crippen LogP contribution >= 0.6 is 11.3 Å². The Labute approximate surface area is 148 Å². The summed E-state index contributed by atoms with van der Waals surface area (Å²) in [6.07, 6.45) is 4.76. The molecule has 0 saturated heterocycles. The minimum absolute atomic E-state index is 0.0226. The molecule has 0 bridgehead atoms. The molecule has 128 valence electrons. The first-order valence-electron chi connectivity index (χ1n) is 8.93. The second kappa shape index (κ2) is 7.95. The molecular formula is C20H26N2OS. The first kappa shape index (κ1) is 17.2. The fourth-order valence-electron chi connectivity index (χ4n) is 3.25. The Morgan fingerprint density at radius 2 is 1.96 bits per heavy atom. The van der Waals surface area contributed by atoms with Crippen LogP contribution in [-0.2, 0) is 19.4 Å². The largest absolute Gasteiger partial charge is 0.321 e. The van der Waals surface area contributed by atoms with Crippen molar-refractivity contribution in [1.82, 2.24) is 4.90 Å². The lowest BCUT2D eigenvalue weighted by molar-refractivity contribution is 0.103. The van der Waals surface area contributed by atoms with Crippen molar-refractivity contribution in [2.24, 2.45) is 0 Å². The number of amides is 1. The summed E-state index contributed by atoms with van der Waals surface area (Å²) >= 11 is 1.66. The number of nitrogens with one attached hydrogen (secondary N) is 1. The zero-order valence-corrected chi connectivity index (χ0v) is 15.4. The Balaban J connectivity index is 1.69. The first-order valence-corrected chi connectivity index (χ1v) is 9.75. The average molecular weight is 343 g/mol. The highest BCUT2D eigenvalue weighted by Crippen LogP contribution is 2.30. The third-order valence-corrected chi connectivity index (χ3v) is 5.94. The molecule has 24 heavy (non-hydrogen) atoms. The molecule has 2 aromatic rings. The van der Waals surface area contributed by atoms with Crippen molar-refractivity contribution in [3.8, 4) is 0 Å². The predicted octanol–water partition coefficient (Wildman–Crippen LogP) is 4.72. The Kier molecular flexibility index (Phi) is 5.69. The van der Waals surface area contributed by atoms with Crippen LogP contribution in [0.1, 0.15) is 52.4 Å². The minimum Gasteiger partial charge on any atom is -0.321 e. The van der Waals surface area contributed by atoms with E-state index in [0.29, 0.717) is 0 Å². The molecule has 1 heterocycles. The summed E-state index contributed by atoms with van der Waals surface area (Å²) in [6, 6.07) is 10.3. The summed E-state index contributed by atoms with van der Waals surface area (Å²) in [5.41, 5.74) is 3.50. The van der Waals surface area contributed by atoms with Crippen LogP contribution in [0, 0.1) is 0 Å². The molecule has 0 radical (unpaired) electrons. The van der Waals surface area contributed by atoms with Gasteiger partial charge in [0.05, 0.1) is 4.88 Å². The number of rotatable bonds is 6. The first-order chi connectivity index (χ1) is 11.7. The highest BCUT2D eigenvalue weighted by atomic mass is 32.1. The van der Waals surface area contributed by atoms with E-state index in [-0.39, 0.29) is 5.91 Å². The van der Waals surface area contributed by atoms with Gasteiger partial charge in [0.25, 0.3) is 5.91 Å². The number of anilines is 1. The normalized spacial score (nSPS) is 13.8. The highest BCUT2D eigenvalue weighted by Gasteiger charge is 2.17. The van der Waals surface area contributed by atoms with Crippen molar-refractivity contribution in [2.45, 2.75) is 46.1 Å². The maximum absolute atomic E-state index is 12.6. The lowest BCUT2D eigenvalue weighted by Gasteiger charge is -2.18. The third kappa shape index (κ3) is 4.05. The molecule has 0 saturated carbocycles. The number of hydrogen-bond acceptors (Lipinski definition) is 3. The average Bonchev–Trinajstić information content (AvgIpc) is 3.04. The van der Waals surface area contributed by atoms with E-state index in [4.69, 9.17) is 0 Å². The summed E-state index contributed by atoms with van der Waals surface area (Å²) in [4.78, 5) is 17.2. The van der Waals surface area contributed by atoms with Crippen LogP contribution in [0.25, 0.3) is 0 Å². The molecule has 1 N–H and O–H groups in total. The summed E-state index contributed by atoms with van der Waals surface area (Å²) < 4.78 is 0. The van der Waals surface area contributed by atoms with E-state index in [1.165, 1.54) is 28.8 Å². The summed E-state index contributed by atoms with van der Waals surface area (Å²) in [7, 11) is 0. The number of carbonyl (C=O) groups excluding carboxylic acids is 1. The Morgan fingerprint density at radius 3 is 2.71 bits per heavy atom. The van der Waals surface area contributed by atoms with Crippen molar-refractivity contribution in [1.29, 1.82) is 0 Å². The smallest absolute Gasteiger partial charge is 0.265 e. The summed E-state index contributed by atoms with van der Waals surface area (Å²) in [5.74, 6) is 0.0226. The summed E-state index contributed by atoms with van der Waals surface area (Å²) in [6.45, 7) is 7.34. The molecule has 1 aromatic heterocycles. The van der Waals surface area contributed by atoms with Gasteiger partial charge in [0.1, 0.15) is 0 Å². The molecule has 3 rings (SSSR count). The van der Waals surface area contributed by atoms with Crippen molar-refractivity contribution in [3.05, 3.63) is 51.2 Å². The minimum atomic E-state index is 0.0226. The van der Waals surface area contributed by atoms with Crippen LogP contribution in [0.4, 0.5) is 5.69 Å². The van der Waals surface area contributed by atoms with E-state index in [1.54, 1.807) is 11.3 Å². The van der Waals surface area contributed by atoms with Crippen LogP contribution in [0.3, 0.4) is 0 Å². The maximum atomic E-state index is 12.6. The standard InChI is InChI=1S/C20H26N2OS/c1-3-22(4-2)14-15-8-7-10-17(12-15)21-20(23)19-13-16-9-5-6-11-18(16)24-19/h7-8,10,12-13H,3-6,9,11,14H2,1-2H3,(H,21,23). The fourth-order valence-corrected chi connectivity index (χ4v) is 4.40. The van der Waals surface area contributed by atoms with Crippen molar-refractivity contribution < 1.29 is 4.79 Å². The number of nitrogens with zero attached hydrogens (tertiary/aromatic N) is 1. The van der Waals surface area contributed by atoms with Gasteiger partial charge in [0, 0.05) is 17.1 Å². The molecule has 3 nitrogen and oxygen atoms in total. The van der Waals surface area contributed by atoms with E-state index < -0.39 is 0 Å². The van der Waals surface area contributed by atoms with Gasteiger partial charge in [-0.1, -0.05) is 26.0 Å². The van der Waals surface area contributed by atoms with Crippen LogP contribution in [0.2, 0.25) is 0 Å². The van der Waals surface area contributed by atoms with Gasteiger partial charge in [0.2, 0.25) is 0 Å². The molecule has 1 amide bonds. The van der Waals surface area contributed by atoms with Gasteiger partial charge in [-0.3, -0.25) is 9.69 Å². The van der Waals surface area contributed by atoms with E-state index in [9.17, 15) is 4.79 Å². The number of fused-ring (bicyclic) bond motifs is 1. The molecule has 0 atom stereocenters. The molecule has 4 heteroatoms. The number of aryl methyl sites for hydroxylation is 2. The molecule has 0 unspecified atom stereocenters. The molecule has 1 aliphatic carbocycles. The predicted molar refractivity (Wildman–Crippen MR) is 102 cm³/mol. The molecule has 0 fully saturated rings. The number of carbonyl (C=O) groups is 1. The quantitative estimate of drug-likeness (QED) is 0.824. The van der Waals surface area contributed by atoms with Gasteiger partial charge in [-0.2, -0.15) is 0 Å². The van der Waals surface area contributed by atoms with E-state index in [1.807, 2.05) is 12.1 Å². The second-order valence-corrected chi connectivity index (χ2v) is 7.52. The van der Waals surface area contributed by atoms with Crippen LogP contribution in [0.15, 0.2) is 30.3 Å². The molecular weight excluding hydrogens is 316 g/mol. The lowest BCUT2D eigenvalue weighted by Crippen LogP contribution is -2.22. The van der Waals surface area contributed by atoms with E-state index in [2.05, 4.69) is 42.3 Å². The van der Waals surface area contributed by atoms with Crippen LogP contribution in [-0.4, -0.2) is 23.9 Å². The lowest BCUT2D eigenvalue weighted by atomic mass is 9.99. The number of thiophene rings is 1. The SMILES string of the molecule is CCN(CC)Cc1cccc(NC(=O)c2cc3c(s2)CCCC3)c1.